The summed E-state index contributed by atoms with van der Waals surface area (Å²) in [7, 11) is 0. The highest BCUT2D eigenvalue weighted by Gasteiger charge is 2.23. The van der Waals surface area contributed by atoms with E-state index in [0.717, 1.165) is 0 Å². The Morgan fingerprint density at radius 1 is 1.19 bits per heavy atom. The van der Waals surface area contributed by atoms with Crippen LogP contribution in [0.1, 0.15) is 10.5 Å². The number of amides is 1. The van der Waals surface area contributed by atoms with Crippen LogP contribution in [0.3, 0.4) is 0 Å². The maximum absolute atomic E-state index is 11.6. The van der Waals surface area contributed by atoms with Crippen molar-refractivity contribution in [2.45, 2.75) is 0 Å². The number of halogens is 1. The predicted molar refractivity (Wildman–Crippen MR) is 95.0 cm³/mol. The number of anilines is 2. The molecule has 0 radical (unpaired) electrons. The van der Waals surface area contributed by atoms with Gasteiger partial charge in [-0.2, -0.15) is 0 Å². The molecule has 0 aliphatic carbocycles. The van der Waals surface area contributed by atoms with Gasteiger partial charge >= 0.3 is 0 Å². The molecule has 4 N–H and O–H groups in total. The molecule has 0 spiro atoms. The van der Waals surface area contributed by atoms with Crippen molar-refractivity contribution >= 4 is 34.9 Å². The number of nitrogen functional groups attached to an aromatic ring is 1. The largest absolute Gasteiger partial charge is 0.378 e. The number of carbonyl (C=O) groups is 1. The fourth-order valence-electron chi connectivity index (χ4n) is 2.75. The standard InChI is InChI=1S/C15H15ClN8O2/c16-11-10(8-5-19-15(18)20-6-8)22-13(23-1-3-26-4-2-23)14-21-9(12(17)25)7-24(11)14/h5-7H,1-4H2,(H2,17,25)(H2,18,19,20). The second-order valence-electron chi connectivity index (χ2n) is 5.69. The Hall–Kier alpha value is -2.98. The van der Waals surface area contributed by atoms with Gasteiger partial charge in [-0.1, -0.05) is 11.6 Å². The first-order chi connectivity index (χ1) is 12.5. The van der Waals surface area contributed by atoms with Crippen LogP contribution in [0.5, 0.6) is 0 Å². The van der Waals surface area contributed by atoms with Crippen molar-refractivity contribution in [3.63, 3.8) is 0 Å². The molecule has 3 aromatic rings. The van der Waals surface area contributed by atoms with Crippen LogP contribution in [0.15, 0.2) is 18.6 Å². The number of hydrogen-bond donors (Lipinski definition) is 2. The van der Waals surface area contributed by atoms with Crippen molar-refractivity contribution in [3.8, 4) is 11.3 Å². The van der Waals surface area contributed by atoms with Gasteiger partial charge in [0.2, 0.25) is 5.95 Å². The molecule has 0 atom stereocenters. The summed E-state index contributed by atoms with van der Waals surface area (Å²) in [5.41, 5.74) is 12.5. The van der Waals surface area contributed by atoms with Crippen LogP contribution in [0, 0.1) is 0 Å². The predicted octanol–water partition coefficient (Wildman–Crippen LogP) is 0.357. The molecule has 1 amide bonds. The minimum absolute atomic E-state index is 0.105. The number of carbonyl (C=O) groups excluding carboxylic acids is 1. The van der Waals surface area contributed by atoms with Crippen molar-refractivity contribution in [1.29, 1.82) is 0 Å². The van der Waals surface area contributed by atoms with Crippen molar-refractivity contribution < 1.29 is 9.53 Å². The van der Waals surface area contributed by atoms with E-state index in [9.17, 15) is 4.79 Å². The highest BCUT2D eigenvalue weighted by atomic mass is 35.5. The van der Waals surface area contributed by atoms with Gasteiger partial charge in [0, 0.05) is 37.2 Å². The Kier molecular flexibility index (Phi) is 4.05. The molecule has 4 rings (SSSR count). The van der Waals surface area contributed by atoms with E-state index in [0.29, 0.717) is 49.0 Å². The molecule has 10 nitrogen and oxygen atoms in total. The fourth-order valence-corrected chi connectivity index (χ4v) is 3.03. The molecular formula is C15H15ClN8O2. The fraction of sp³-hybridized carbons (Fsp3) is 0.267. The van der Waals surface area contributed by atoms with Crippen LogP contribution in [0.4, 0.5) is 11.8 Å². The summed E-state index contributed by atoms with van der Waals surface area (Å²) in [6.07, 6.45) is 4.57. The summed E-state index contributed by atoms with van der Waals surface area (Å²) in [6, 6.07) is 0. The summed E-state index contributed by atoms with van der Waals surface area (Å²) < 4.78 is 6.99. The van der Waals surface area contributed by atoms with Gasteiger partial charge in [0.05, 0.1) is 13.2 Å². The molecule has 0 unspecified atom stereocenters. The van der Waals surface area contributed by atoms with Crippen LogP contribution in [0.2, 0.25) is 5.15 Å². The number of ether oxygens (including phenoxy) is 1. The smallest absolute Gasteiger partial charge is 0.268 e. The van der Waals surface area contributed by atoms with Gasteiger partial charge in [-0.05, 0) is 0 Å². The molecule has 0 aromatic carbocycles. The van der Waals surface area contributed by atoms with Crippen LogP contribution < -0.4 is 16.4 Å². The average molecular weight is 375 g/mol. The van der Waals surface area contributed by atoms with Crippen LogP contribution >= 0.6 is 11.6 Å². The zero-order valence-corrected chi connectivity index (χ0v) is 14.3. The van der Waals surface area contributed by atoms with Crippen molar-refractivity contribution in [1.82, 2.24) is 24.3 Å². The maximum Gasteiger partial charge on any atom is 0.268 e. The zero-order chi connectivity index (χ0) is 18.3. The second kappa shape index (κ2) is 6.39. The number of fused-ring (bicyclic) bond motifs is 1. The Labute approximate surface area is 152 Å². The molecule has 3 aromatic heterocycles. The normalized spacial score (nSPS) is 14.7. The summed E-state index contributed by atoms with van der Waals surface area (Å²) >= 11 is 6.52. The molecule has 1 aliphatic heterocycles. The third-order valence-electron chi connectivity index (χ3n) is 4.04. The topological polar surface area (TPSA) is 138 Å². The lowest BCUT2D eigenvalue weighted by atomic mass is 10.2. The summed E-state index contributed by atoms with van der Waals surface area (Å²) in [4.78, 5) is 30.6. The lowest BCUT2D eigenvalue weighted by Gasteiger charge is -2.28. The van der Waals surface area contributed by atoms with E-state index in [1.165, 1.54) is 18.6 Å². The van der Waals surface area contributed by atoms with Gasteiger partial charge in [-0.25, -0.2) is 19.9 Å². The average Bonchev–Trinajstić information content (AvgIpc) is 3.10. The van der Waals surface area contributed by atoms with Crippen LogP contribution in [-0.2, 0) is 4.74 Å². The third kappa shape index (κ3) is 2.78. The maximum atomic E-state index is 11.6. The first kappa shape index (κ1) is 16.5. The summed E-state index contributed by atoms with van der Waals surface area (Å²) in [5.74, 6) is 0.0880. The highest BCUT2D eigenvalue weighted by Crippen LogP contribution is 2.32. The van der Waals surface area contributed by atoms with Crippen LogP contribution in [-0.4, -0.2) is 56.5 Å². The number of nitrogens with two attached hydrogens (primary N) is 2. The van der Waals surface area contributed by atoms with Crippen molar-refractivity contribution in [2.24, 2.45) is 5.73 Å². The van der Waals surface area contributed by atoms with E-state index < -0.39 is 5.91 Å². The Bertz CT molecular complexity index is 981. The first-order valence-corrected chi connectivity index (χ1v) is 8.21. The number of morpholine rings is 1. The Morgan fingerprint density at radius 3 is 2.54 bits per heavy atom. The van der Waals surface area contributed by atoms with Crippen LogP contribution in [0.25, 0.3) is 16.9 Å². The molecule has 1 saturated heterocycles. The third-order valence-corrected chi connectivity index (χ3v) is 4.40. The Balaban J connectivity index is 1.95. The number of hydrogen-bond acceptors (Lipinski definition) is 8. The van der Waals surface area contributed by atoms with E-state index >= 15 is 0 Å². The van der Waals surface area contributed by atoms with Crippen molar-refractivity contribution in [2.75, 3.05) is 36.9 Å². The van der Waals surface area contributed by atoms with Gasteiger partial charge in [0.25, 0.3) is 5.91 Å². The van der Waals surface area contributed by atoms with Gasteiger partial charge in [0.15, 0.2) is 11.5 Å². The van der Waals surface area contributed by atoms with E-state index in [4.69, 9.17) is 27.8 Å². The minimum Gasteiger partial charge on any atom is -0.378 e. The number of rotatable bonds is 3. The van der Waals surface area contributed by atoms with E-state index in [-0.39, 0.29) is 16.8 Å². The number of aromatic nitrogens is 5. The molecule has 1 fully saturated rings. The monoisotopic (exact) mass is 374 g/mol. The number of primary amides is 1. The van der Waals surface area contributed by atoms with E-state index in [1.807, 2.05) is 4.90 Å². The molecule has 26 heavy (non-hydrogen) atoms. The molecular weight excluding hydrogens is 360 g/mol. The molecule has 0 bridgehead atoms. The zero-order valence-electron chi connectivity index (χ0n) is 13.6. The lowest BCUT2D eigenvalue weighted by molar-refractivity contribution is 0.0996. The molecule has 1 aliphatic rings. The number of imidazole rings is 1. The summed E-state index contributed by atoms with van der Waals surface area (Å²) in [6.45, 7) is 2.42. The molecule has 11 heteroatoms. The Morgan fingerprint density at radius 2 is 1.88 bits per heavy atom. The van der Waals surface area contributed by atoms with Crippen molar-refractivity contribution in [3.05, 3.63) is 29.4 Å². The summed E-state index contributed by atoms with van der Waals surface area (Å²) in [5, 5.41) is 0.269. The van der Waals surface area contributed by atoms with E-state index in [1.54, 1.807) is 4.40 Å². The molecule has 134 valence electrons. The second-order valence-corrected chi connectivity index (χ2v) is 6.05. The number of nitrogens with zero attached hydrogens (tertiary/aromatic N) is 6. The van der Waals surface area contributed by atoms with Gasteiger partial charge in [-0.3, -0.25) is 9.20 Å². The van der Waals surface area contributed by atoms with Gasteiger partial charge in [-0.15, -0.1) is 0 Å². The SMILES string of the molecule is NC(=O)c1cn2c(Cl)c(-c3cnc(N)nc3)nc(N3CCOCC3)c2n1. The van der Waals surface area contributed by atoms with E-state index in [2.05, 4.69) is 19.9 Å². The van der Waals surface area contributed by atoms with Gasteiger partial charge < -0.3 is 21.1 Å². The minimum atomic E-state index is -0.643. The molecule has 0 saturated carbocycles. The first-order valence-electron chi connectivity index (χ1n) is 7.83. The lowest BCUT2D eigenvalue weighted by Crippen LogP contribution is -2.37. The molecule has 4 heterocycles. The van der Waals surface area contributed by atoms with Gasteiger partial charge in [0.1, 0.15) is 16.5 Å². The highest BCUT2D eigenvalue weighted by molar-refractivity contribution is 6.32. The quantitative estimate of drug-likeness (QED) is 0.670.